The average molecular weight is 386 g/mol. The van der Waals surface area contributed by atoms with Crippen molar-refractivity contribution in [2.45, 2.75) is 19.4 Å². The number of rotatable bonds is 6. The van der Waals surface area contributed by atoms with Crippen LogP contribution >= 0.6 is 0 Å². The average Bonchev–Trinajstić information content (AvgIpc) is 3.16. The number of aromatic nitrogens is 4. The van der Waals surface area contributed by atoms with Crippen LogP contribution in [0.3, 0.4) is 0 Å². The highest BCUT2D eigenvalue weighted by Crippen LogP contribution is 2.19. The zero-order valence-corrected chi connectivity index (χ0v) is 16.1. The van der Waals surface area contributed by atoms with Crippen molar-refractivity contribution in [1.29, 1.82) is 0 Å². The van der Waals surface area contributed by atoms with Crippen molar-refractivity contribution in [1.82, 2.24) is 25.1 Å². The highest BCUT2D eigenvalue weighted by Gasteiger charge is 2.14. The van der Waals surface area contributed by atoms with Gasteiger partial charge in [0.25, 0.3) is 0 Å². The van der Waals surface area contributed by atoms with E-state index in [-0.39, 0.29) is 18.4 Å². The van der Waals surface area contributed by atoms with Crippen molar-refractivity contribution in [3.63, 3.8) is 0 Å². The molecule has 0 aliphatic rings. The van der Waals surface area contributed by atoms with Crippen LogP contribution in [-0.2, 0) is 11.2 Å². The summed E-state index contributed by atoms with van der Waals surface area (Å²) in [6.07, 6.45) is 5.46. The van der Waals surface area contributed by atoms with Crippen LogP contribution in [0.2, 0.25) is 0 Å². The molecule has 3 aromatic heterocycles. The van der Waals surface area contributed by atoms with Crippen molar-refractivity contribution >= 4 is 16.8 Å². The van der Waals surface area contributed by atoms with Gasteiger partial charge in [-0.1, -0.05) is 30.3 Å². The largest absolute Gasteiger partial charge is 0.348 e. The van der Waals surface area contributed by atoms with Crippen LogP contribution in [0.15, 0.2) is 67.1 Å². The summed E-state index contributed by atoms with van der Waals surface area (Å²) in [6, 6.07) is 15.3. The number of benzene rings is 1. The molecule has 0 aliphatic heterocycles. The second-order valence-electron chi connectivity index (χ2n) is 6.89. The lowest BCUT2D eigenvalue weighted by molar-refractivity contribution is -0.121. The standard InChI is InChI=1S/C22H22N6O/c1-15-9-19(7-8-24-15)28-21-14-25-18(10-17(21)13-26-28)11-22(29)27-20(12-23)16-5-3-2-4-6-16/h2-10,13-14,20H,11-12,23H2,1H3,(H,27,29)/t20-/m1/s1. The molecule has 0 radical (unpaired) electrons. The third-order valence-corrected chi connectivity index (χ3v) is 4.75. The van der Waals surface area contributed by atoms with Crippen LogP contribution in [0.5, 0.6) is 0 Å². The van der Waals surface area contributed by atoms with E-state index in [1.54, 1.807) is 18.6 Å². The summed E-state index contributed by atoms with van der Waals surface area (Å²) in [6.45, 7) is 2.27. The molecule has 4 rings (SSSR count). The van der Waals surface area contributed by atoms with Gasteiger partial charge >= 0.3 is 0 Å². The number of carbonyl (C=O) groups is 1. The first kappa shape index (κ1) is 18.8. The van der Waals surface area contributed by atoms with Gasteiger partial charge in [-0.3, -0.25) is 14.8 Å². The molecular formula is C22H22N6O. The second-order valence-corrected chi connectivity index (χ2v) is 6.89. The van der Waals surface area contributed by atoms with Crippen LogP contribution in [0.25, 0.3) is 16.6 Å². The highest BCUT2D eigenvalue weighted by atomic mass is 16.1. The minimum Gasteiger partial charge on any atom is -0.348 e. The topological polar surface area (TPSA) is 98.7 Å². The molecule has 0 saturated carbocycles. The summed E-state index contributed by atoms with van der Waals surface area (Å²) >= 11 is 0. The number of hydrogen-bond donors (Lipinski definition) is 2. The lowest BCUT2D eigenvalue weighted by Crippen LogP contribution is -2.34. The van der Waals surface area contributed by atoms with E-state index < -0.39 is 0 Å². The third kappa shape index (κ3) is 4.14. The van der Waals surface area contributed by atoms with Gasteiger partial charge in [0.1, 0.15) is 0 Å². The van der Waals surface area contributed by atoms with Crippen LogP contribution in [0, 0.1) is 6.92 Å². The number of pyridine rings is 2. The Morgan fingerprint density at radius 3 is 2.72 bits per heavy atom. The van der Waals surface area contributed by atoms with Crippen molar-refractivity contribution in [2.24, 2.45) is 5.73 Å². The van der Waals surface area contributed by atoms with Gasteiger partial charge in [-0.05, 0) is 30.7 Å². The number of nitrogens with one attached hydrogen (secondary N) is 1. The third-order valence-electron chi connectivity index (χ3n) is 4.75. The van der Waals surface area contributed by atoms with Gasteiger partial charge in [-0.25, -0.2) is 4.68 Å². The predicted octanol–water partition coefficient (Wildman–Crippen LogP) is 2.48. The first-order valence-corrected chi connectivity index (χ1v) is 9.44. The van der Waals surface area contributed by atoms with Gasteiger partial charge < -0.3 is 11.1 Å². The maximum absolute atomic E-state index is 12.5. The summed E-state index contributed by atoms with van der Waals surface area (Å²) in [5.41, 5.74) is 10.2. The molecule has 3 heterocycles. The smallest absolute Gasteiger partial charge is 0.226 e. The molecule has 7 heteroatoms. The molecule has 4 aromatic rings. The summed E-state index contributed by atoms with van der Waals surface area (Å²) < 4.78 is 1.82. The Labute approximate surface area is 168 Å². The summed E-state index contributed by atoms with van der Waals surface area (Å²) in [5, 5.41) is 8.37. The molecule has 146 valence electrons. The van der Waals surface area contributed by atoms with Gasteiger partial charge in [-0.2, -0.15) is 5.10 Å². The van der Waals surface area contributed by atoms with Crippen LogP contribution in [0.1, 0.15) is 23.0 Å². The molecule has 0 saturated heterocycles. The Kier molecular flexibility index (Phi) is 5.31. The van der Waals surface area contributed by atoms with E-state index in [4.69, 9.17) is 5.73 Å². The molecule has 0 spiro atoms. The first-order chi connectivity index (χ1) is 14.1. The Morgan fingerprint density at radius 1 is 1.14 bits per heavy atom. The van der Waals surface area contributed by atoms with E-state index in [1.807, 2.05) is 60.1 Å². The van der Waals surface area contributed by atoms with E-state index in [1.165, 1.54) is 0 Å². The van der Waals surface area contributed by atoms with Gasteiger partial charge in [0.05, 0.1) is 41.8 Å². The number of nitrogens with zero attached hydrogens (tertiary/aromatic N) is 4. The summed E-state index contributed by atoms with van der Waals surface area (Å²) in [4.78, 5) is 21.2. The van der Waals surface area contributed by atoms with E-state index >= 15 is 0 Å². The van der Waals surface area contributed by atoms with E-state index in [2.05, 4.69) is 20.4 Å². The molecule has 7 nitrogen and oxygen atoms in total. The Hall–Kier alpha value is -3.58. The number of amides is 1. The fourth-order valence-electron chi connectivity index (χ4n) is 3.31. The van der Waals surface area contributed by atoms with E-state index in [0.717, 1.165) is 27.8 Å². The maximum Gasteiger partial charge on any atom is 0.226 e. The van der Waals surface area contributed by atoms with Crippen molar-refractivity contribution < 1.29 is 4.79 Å². The predicted molar refractivity (Wildman–Crippen MR) is 111 cm³/mol. The van der Waals surface area contributed by atoms with E-state index in [9.17, 15) is 4.79 Å². The molecular weight excluding hydrogens is 364 g/mol. The molecule has 1 aromatic carbocycles. The molecule has 0 aliphatic carbocycles. The normalized spacial score (nSPS) is 12.1. The zero-order valence-electron chi connectivity index (χ0n) is 16.1. The number of fused-ring (bicyclic) bond motifs is 1. The Morgan fingerprint density at radius 2 is 1.97 bits per heavy atom. The minimum absolute atomic E-state index is 0.117. The van der Waals surface area contributed by atoms with E-state index in [0.29, 0.717) is 12.2 Å². The zero-order chi connectivity index (χ0) is 20.2. The quantitative estimate of drug-likeness (QED) is 0.530. The molecule has 29 heavy (non-hydrogen) atoms. The van der Waals surface area contributed by atoms with Crippen LogP contribution < -0.4 is 11.1 Å². The number of nitrogens with two attached hydrogens (primary N) is 1. The molecule has 0 fully saturated rings. The van der Waals surface area contributed by atoms with Crippen molar-refractivity contribution in [2.75, 3.05) is 6.54 Å². The second kappa shape index (κ2) is 8.20. The van der Waals surface area contributed by atoms with Gasteiger partial charge in [0.15, 0.2) is 0 Å². The van der Waals surface area contributed by atoms with Gasteiger partial charge in [0, 0.05) is 23.8 Å². The fourth-order valence-corrected chi connectivity index (χ4v) is 3.31. The molecule has 0 unspecified atom stereocenters. The molecule has 1 atom stereocenters. The summed E-state index contributed by atoms with van der Waals surface area (Å²) in [5.74, 6) is -0.117. The SMILES string of the molecule is Cc1cc(-n2ncc3cc(CC(=O)N[C@H](CN)c4ccccc4)ncc32)ccn1. The number of hydrogen-bond acceptors (Lipinski definition) is 5. The Balaban J connectivity index is 1.51. The van der Waals surface area contributed by atoms with Crippen LogP contribution in [0.4, 0.5) is 0 Å². The van der Waals surface area contributed by atoms with Crippen LogP contribution in [-0.4, -0.2) is 32.2 Å². The maximum atomic E-state index is 12.5. The summed E-state index contributed by atoms with van der Waals surface area (Å²) in [7, 11) is 0. The molecule has 3 N–H and O–H groups in total. The number of aryl methyl sites for hydroxylation is 1. The van der Waals surface area contributed by atoms with Gasteiger partial charge in [0.2, 0.25) is 5.91 Å². The fraction of sp³-hybridized carbons (Fsp3) is 0.182. The van der Waals surface area contributed by atoms with Gasteiger partial charge in [-0.15, -0.1) is 0 Å². The first-order valence-electron chi connectivity index (χ1n) is 9.44. The monoisotopic (exact) mass is 386 g/mol. The van der Waals surface area contributed by atoms with Crippen molar-refractivity contribution in [3.8, 4) is 5.69 Å². The molecule has 1 amide bonds. The minimum atomic E-state index is -0.217. The Bertz CT molecular complexity index is 1140. The molecule has 0 bridgehead atoms. The number of carbonyl (C=O) groups excluding carboxylic acids is 1. The van der Waals surface area contributed by atoms with Crippen molar-refractivity contribution in [3.05, 3.63) is 84.1 Å². The lowest BCUT2D eigenvalue weighted by Gasteiger charge is -2.17. The lowest BCUT2D eigenvalue weighted by atomic mass is 10.1. The highest BCUT2D eigenvalue weighted by molar-refractivity contribution is 5.83.